The summed E-state index contributed by atoms with van der Waals surface area (Å²) in [5.41, 5.74) is 7.29. The van der Waals surface area contributed by atoms with Gasteiger partial charge in [-0.2, -0.15) is 0 Å². The molecule has 0 aliphatic carbocycles. The molecule has 0 aliphatic heterocycles. The van der Waals surface area contributed by atoms with Gasteiger partial charge < -0.3 is 10.6 Å². The Kier molecular flexibility index (Phi) is 3.64. The summed E-state index contributed by atoms with van der Waals surface area (Å²) in [6, 6.07) is 8.32. The summed E-state index contributed by atoms with van der Waals surface area (Å²) in [4.78, 5) is 5.44. The van der Waals surface area contributed by atoms with Gasteiger partial charge in [0.15, 0.2) is 23.3 Å². The molecule has 0 saturated carbocycles. The Hall–Kier alpha value is -2.17. The van der Waals surface area contributed by atoms with Gasteiger partial charge in [-0.15, -0.1) is 0 Å². The Morgan fingerprint density at radius 1 is 1.16 bits per heavy atom. The SMILES string of the molecule is CCN(c1ccc(C)cc1)c1nc(N)c(F)cc1F. The molecule has 1 aromatic heterocycles. The van der Waals surface area contributed by atoms with Crippen LogP contribution in [0.15, 0.2) is 30.3 Å². The molecule has 1 aromatic carbocycles. The number of pyridine rings is 1. The van der Waals surface area contributed by atoms with Crippen LogP contribution in [0.1, 0.15) is 12.5 Å². The number of nitrogens with zero attached hydrogens (tertiary/aromatic N) is 2. The first-order valence-electron chi connectivity index (χ1n) is 5.98. The number of anilines is 3. The van der Waals surface area contributed by atoms with Crippen LogP contribution in [0.5, 0.6) is 0 Å². The largest absolute Gasteiger partial charge is 0.381 e. The maximum atomic E-state index is 13.8. The Labute approximate surface area is 110 Å². The number of hydrogen-bond donors (Lipinski definition) is 1. The lowest BCUT2D eigenvalue weighted by Gasteiger charge is -2.23. The number of hydrogen-bond acceptors (Lipinski definition) is 3. The molecule has 19 heavy (non-hydrogen) atoms. The van der Waals surface area contributed by atoms with Crippen molar-refractivity contribution in [3.8, 4) is 0 Å². The standard InChI is InChI=1S/C14H15F2N3/c1-3-19(10-6-4-9(2)5-7-10)14-12(16)8-11(15)13(17)18-14/h4-8H,3H2,1-2H3,(H2,17,18). The normalized spacial score (nSPS) is 10.5. The monoisotopic (exact) mass is 263 g/mol. The van der Waals surface area contributed by atoms with E-state index in [1.54, 1.807) is 4.90 Å². The van der Waals surface area contributed by atoms with Crippen molar-refractivity contribution < 1.29 is 8.78 Å². The zero-order valence-electron chi connectivity index (χ0n) is 10.8. The summed E-state index contributed by atoms with van der Waals surface area (Å²) in [5, 5.41) is 0. The highest BCUT2D eigenvalue weighted by Crippen LogP contribution is 2.27. The summed E-state index contributed by atoms with van der Waals surface area (Å²) in [6.45, 7) is 4.33. The summed E-state index contributed by atoms with van der Waals surface area (Å²) >= 11 is 0. The second kappa shape index (κ2) is 5.22. The van der Waals surface area contributed by atoms with Gasteiger partial charge in [0.1, 0.15) is 0 Å². The maximum Gasteiger partial charge on any atom is 0.171 e. The fraction of sp³-hybridized carbons (Fsp3) is 0.214. The van der Waals surface area contributed by atoms with E-state index in [4.69, 9.17) is 5.73 Å². The van der Waals surface area contributed by atoms with E-state index >= 15 is 0 Å². The molecule has 0 aliphatic rings. The Morgan fingerprint density at radius 3 is 2.37 bits per heavy atom. The highest BCUT2D eigenvalue weighted by atomic mass is 19.1. The summed E-state index contributed by atoms with van der Waals surface area (Å²) < 4.78 is 27.0. The highest BCUT2D eigenvalue weighted by Gasteiger charge is 2.16. The molecular formula is C14H15F2N3. The average molecular weight is 263 g/mol. The molecular weight excluding hydrogens is 248 g/mol. The molecule has 0 radical (unpaired) electrons. The van der Waals surface area contributed by atoms with Gasteiger partial charge in [0, 0.05) is 18.3 Å². The van der Waals surface area contributed by atoms with Gasteiger partial charge in [-0.05, 0) is 26.0 Å². The smallest absolute Gasteiger partial charge is 0.171 e. The number of benzene rings is 1. The maximum absolute atomic E-state index is 13.8. The first-order valence-corrected chi connectivity index (χ1v) is 5.98. The fourth-order valence-corrected chi connectivity index (χ4v) is 1.84. The van der Waals surface area contributed by atoms with Crippen molar-refractivity contribution in [3.63, 3.8) is 0 Å². The van der Waals surface area contributed by atoms with Gasteiger partial charge in [-0.25, -0.2) is 13.8 Å². The number of nitrogen functional groups attached to an aromatic ring is 1. The molecule has 0 atom stereocenters. The third kappa shape index (κ3) is 2.65. The molecule has 0 bridgehead atoms. The number of aryl methyl sites for hydroxylation is 1. The van der Waals surface area contributed by atoms with Crippen LogP contribution in [0.25, 0.3) is 0 Å². The first kappa shape index (κ1) is 13.3. The number of nitrogens with two attached hydrogens (primary N) is 1. The zero-order valence-corrected chi connectivity index (χ0v) is 10.8. The van der Waals surface area contributed by atoms with Crippen molar-refractivity contribution in [2.75, 3.05) is 17.2 Å². The molecule has 2 aromatic rings. The Balaban J connectivity index is 2.47. The first-order chi connectivity index (χ1) is 9.02. The van der Waals surface area contributed by atoms with Crippen molar-refractivity contribution in [1.82, 2.24) is 4.98 Å². The minimum Gasteiger partial charge on any atom is -0.381 e. The van der Waals surface area contributed by atoms with E-state index in [-0.39, 0.29) is 11.6 Å². The van der Waals surface area contributed by atoms with E-state index in [2.05, 4.69) is 4.98 Å². The van der Waals surface area contributed by atoms with E-state index < -0.39 is 11.6 Å². The van der Waals surface area contributed by atoms with Gasteiger partial charge in [-0.3, -0.25) is 0 Å². The minimum atomic E-state index is -0.846. The molecule has 3 nitrogen and oxygen atoms in total. The van der Waals surface area contributed by atoms with Crippen LogP contribution in [-0.2, 0) is 0 Å². The Bertz CT molecular complexity index is 582. The van der Waals surface area contributed by atoms with Crippen LogP contribution >= 0.6 is 0 Å². The van der Waals surface area contributed by atoms with Crippen molar-refractivity contribution in [2.24, 2.45) is 0 Å². The van der Waals surface area contributed by atoms with Crippen molar-refractivity contribution in [2.45, 2.75) is 13.8 Å². The van der Waals surface area contributed by atoms with Crippen molar-refractivity contribution in [1.29, 1.82) is 0 Å². The lowest BCUT2D eigenvalue weighted by Crippen LogP contribution is -2.19. The predicted octanol–water partition coefficient (Wildman–Crippen LogP) is 3.41. The lowest BCUT2D eigenvalue weighted by molar-refractivity contribution is 0.576. The van der Waals surface area contributed by atoms with Crippen LogP contribution < -0.4 is 10.6 Å². The van der Waals surface area contributed by atoms with Crippen LogP contribution in [0.3, 0.4) is 0 Å². The molecule has 0 spiro atoms. The van der Waals surface area contributed by atoms with Gasteiger partial charge >= 0.3 is 0 Å². The van der Waals surface area contributed by atoms with E-state index in [1.807, 2.05) is 38.1 Å². The molecule has 1 heterocycles. The van der Waals surface area contributed by atoms with E-state index in [1.165, 1.54) is 0 Å². The van der Waals surface area contributed by atoms with E-state index in [0.717, 1.165) is 17.3 Å². The summed E-state index contributed by atoms with van der Waals surface area (Å²) in [6.07, 6.45) is 0. The fourth-order valence-electron chi connectivity index (χ4n) is 1.84. The van der Waals surface area contributed by atoms with Gasteiger partial charge in [0.05, 0.1) is 0 Å². The van der Waals surface area contributed by atoms with E-state index in [9.17, 15) is 8.78 Å². The van der Waals surface area contributed by atoms with Crippen molar-refractivity contribution in [3.05, 3.63) is 47.5 Å². The quantitative estimate of drug-likeness (QED) is 0.922. The molecule has 0 unspecified atom stereocenters. The number of halogens is 2. The molecule has 0 fully saturated rings. The van der Waals surface area contributed by atoms with E-state index in [0.29, 0.717) is 6.54 Å². The van der Waals surface area contributed by atoms with Gasteiger partial charge in [-0.1, -0.05) is 17.7 Å². The molecule has 2 N–H and O–H groups in total. The number of aromatic nitrogens is 1. The van der Waals surface area contributed by atoms with Crippen LogP contribution in [0.2, 0.25) is 0 Å². The third-order valence-corrected chi connectivity index (χ3v) is 2.86. The zero-order chi connectivity index (χ0) is 14.0. The third-order valence-electron chi connectivity index (χ3n) is 2.86. The lowest BCUT2D eigenvalue weighted by atomic mass is 10.2. The molecule has 0 amide bonds. The summed E-state index contributed by atoms with van der Waals surface area (Å²) in [7, 11) is 0. The topological polar surface area (TPSA) is 42.2 Å². The number of rotatable bonds is 3. The van der Waals surface area contributed by atoms with Crippen LogP contribution in [-0.4, -0.2) is 11.5 Å². The molecule has 0 saturated heterocycles. The second-order valence-corrected chi connectivity index (χ2v) is 4.24. The molecule has 2 rings (SSSR count). The minimum absolute atomic E-state index is 0.0326. The van der Waals surface area contributed by atoms with Crippen LogP contribution in [0.4, 0.5) is 26.1 Å². The molecule has 5 heteroatoms. The van der Waals surface area contributed by atoms with Gasteiger partial charge in [0.25, 0.3) is 0 Å². The Morgan fingerprint density at radius 2 is 1.79 bits per heavy atom. The molecule has 100 valence electrons. The van der Waals surface area contributed by atoms with Crippen LogP contribution in [0, 0.1) is 18.6 Å². The highest BCUT2D eigenvalue weighted by molar-refractivity contribution is 5.62. The average Bonchev–Trinajstić information content (AvgIpc) is 2.38. The van der Waals surface area contributed by atoms with Crippen molar-refractivity contribution >= 4 is 17.3 Å². The second-order valence-electron chi connectivity index (χ2n) is 4.24. The summed E-state index contributed by atoms with van der Waals surface area (Å²) in [5.74, 6) is -1.84. The predicted molar refractivity (Wildman–Crippen MR) is 72.4 cm³/mol. The van der Waals surface area contributed by atoms with Gasteiger partial charge in [0.2, 0.25) is 0 Å².